The predicted molar refractivity (Wildman–Crippen MR) is 69.2 cm³/mol. The standard InChI is InChI=1S/C12H17N3OS/c1-8(2)6-11-14-15-12(17-11)13-7-10-5-4-9(3)16-10/h4-5,8H,6-7H2,1-3H3,(H,13,15). The van der Waals surface area contributed by atoms with Gasteiger partial charge in [-0.25, -0.2) is 0 Å². The van der Waals surface area contributed by atoms with Gasteiger partial charge in [-0.2, -0.15) is 0 Å². The molecule has 0 amide bonds. The first-order valence-electron chi connectivity index (χ1n) is 5.75. The summed E-state index contributed by atoms with van der Waals surface area (Å²) in [4.78, 5) is 0. The summed E-state index contributed by atoms with van der Waals surface area (Å²) in [6.07, 6.45) is 0.985. The summed E-state index contributed by atoms with van der Waals surface area (Å²) in [6.45, 7) is 6.96. The molecule has 1 N–H and O–H groups in total. The van der Waals surface area contributed by atoms with Gasteiger partial charge in [-0.05, 0) is 25.0 Å². The molecule has 2 rings (SSSR count). The van der Waals surface area contributed by atoms with E-state index in [9.17, 15) is 0 Å². The lowest BCUT2D eigenvalue weighted by Crippen LogP contribution is -1.97. The fourth-order valence-electron chi connectivity index (χ4n) is 1.50. The zero-order valence-corrected chi connectivity index (χ0v) is 11.2. The minimum absolute atomic E-state index is 0.614. The third-order valence-electron chi connectivity index (χ3n) is 2.26. The lowest BCUT2D eigenvalue weighted by atomic mass is 10.1. The maximum absolute atomic E-state index is 5.47. The van der Waals surface area contributed by atoms with E-state index in [0.717, 1.165) is 28.1 Å². The van der Waals surface area contributed by atoms with E-state index >= 15 is 0 Å². The van der Waals surface area contributed by atoms with Crippen LogP contribution in [0.1, 0.15) is 30.4 Å². The molecule has 92 valence electrons. The van der Waals surface area contributed by atoms with Crippen LogP contribution >= 0.6 is 11.3 Å². The van der Waals surface area contributed by atoms with Gasteiger partial charge in [-0.1, -0.05) is 25.2 Å². The van der Waals surface area contributed by atoms with Crippen molar-refractivity contribution < 1.29 is 4.42 Å². The third-order valence-corrected chi connectivity index (χ3v) is 3.16. The lowest BCUT2D eigenvalue weighted by Gasteiger charge is -1.98. The minimum Gasteiger partial charge on any atom is -0.465 e. The van der Waals surface area contributed by atoms with Crippen molar-refractivity contribution in [3.05, 3.63) is 28.7 Å². The molecule has 4 nitrogen and oxygen atoms in total. The van der Waals surface area contributed by atoms with Crippen molar-refractivity contribution in [2.24, 2.45) is 5.92 Å². The quantitative estimate of drug-likeness (QED) is 0.886. The van der Waals surface area contributed by atoms with E-state index in [4.69, 9.17) is 4.42 Å². The van der Waals surface area contributed by atoms with Crippen LogP contribution in [0.3, 0.4) is 0 Å². The van der Waals surface area contributed by atoms with Gasteiger partial charge in [0.25, 0.3) is 0 Å². The van der Waals surface area contributed by atoms with Crippen LogP contribution < -0.4 is 5.32 Å². The zero-order chi connectivity index (χ0) is 12.3. The Morgan fingerprint density at radius 1 is 1.35 bits per heavy atom. The van der Waals surface area contributed by atoms with Crippen LogP contribution in [0.15, 0.2) is 16.5 Å². The number of nitrogens with zero attached hydrogens (tertiary/aromatic N) is 2. The van der Waals surface area contributed by atoms with Crippen molar-refractivity contribution >= 4 is 16.5 Å². The van der Waals surface area contributed by atoms with Crippen LogP contribution in [0.5, 0.6) is 0 Å². The monoisotopic (exact) mass is 251 g/mol. The van der Waals surface area contributed by atoms with E-state index in [1.807, 2.05) is 19.1 Å². The smallest absolute Gasteiger partial charge is 0.206 e. The van der Waals surface area contributed by atoms with E-state index in [-0.39, 0.29) is 0 Å². The molecule has 0 aromatic carbocycles. The minimum atomic E-state index is 0.614. The fourth-order valence-corrected chi connectivity index (χ4v) is 2.45. The van der Waals surface area contributed by atoms with Gasteiger partial charge in [-0.3, -0.25) is 0 Å². The second-order valence-corrected chi connectivity index (χ2v) is 5.53. The number of rotatable bonds is 5. The molecule has 0 aliphatic carbocycles. The summed E-state index contributed by atoms with van der Waals surface area (Å²) in [7, 11) is 0. The first-order chi connectivity index (χ1) is 8.13. The molecule has 0 fully saturated rings. The number of nitrogens with one attached hydrogen (secondary N) is 1. The highest BCUT2D eigenvalue weighted by atomic mass is 32.1. The molecule has 2 aromatic rings. The van der Waals surface area contributed by atoms with E-state index in [0.29, 0.717) is 12.5 Å². The molecule has 0 aliphatic heterocycles. The lowest BCUT2D eigenvalue weighted by molar-refractivity contribution is 0.490. The van der Waals surface area contributed by atoms with Crippen LogP contribution in [-0.4, -0.2) is 10.2 Å². The number of furan rings is 1. The van der Waals surface area contributed by atoms with Crippen LogP contribution in [0, 0.1) is 12.8 Å². The number of anilines is 1. The van der Waals surface area contributed by atoms with Crippen LogP contribution in [0.2, 0.25) is 0 Å². The first-order valence-corrected chi connectivity index (χ1v) is 6.56. The van der Waals surface area contributed by atoms with Gasteiger partial charge in [0.2, 0.25) is 5.13 Å². The van der Waals surface area contributed by atoms with E-state index in [2.05, 4.69) is 29.4 Å². The number of aromatic nitrogens is 2. The number of hydrogen-bond donors (Lipinski definition) is 1. The summed E-state index contributed by atoms with van der Waals surface area (Å²) in [6, 6.07) is 3.93. The van der Waals surface area contributed by atoms with Crippen molar-refractivity contribution in [3.63, 3.8) is 0 Å². The Hall–Kier alpha value is -1.36. The van der Waals surface area contributed by atoms with Crippen molar-refractivity contribution in [2.75, 3.05) is 5.32 Å². The average Bonchev–Trinajstić information content (AvgIpc) is 2.84. The Morgan fingerprint density at radius 3 is 2.82 bits per heavy atom. The molecule has 0 bridgehead atoms. The van der Waals surface area contributed by atoms with E-state index < -0.39 is 0 Å². The normalized spacial score (nSPS) is 11.1. The van der Waals surface area contributed by atoms with Crippen molar-refractivity contribution in [3.8, 4) is 0 Å². The molecule has 0 unspecified atom stereocenters. The molecule has 0 atom stereocenters. The van der Waals surface area contributed by atoms with Crippen LogP contribution in [0.25, 0.3) is 0 Å². The van der Waals surface area contributed by atoms with Gasteiger partial charge in [0.1, 0.15) is 16.5 Å². The fraction of sp³-hybridized carbons (Fsp3) is 0.500. The van der Waals surface area contributed by atoms with Crippen LogP contribution in [-0.2, 0) is 13.0 Å². The molecule has 5 heteroatoms. The average molecular weight is 251 g/mol. The Labute approximate surface area is 105 Å². The first kappa shape index (κ1) is 12.1. The summed E-state index contributed by atoms with van der Waals surface area (Å²) in [5, 5.41) is 13.4. The zero-order valence-electron chi connectivity index (χ0n) is 10.4. The Balaban J connectivity index is 1.89. The Kier molecular flexibility index (Phi) is 3.78. The highest BCUT2D eigenvalue weighted by Gasteiger charge is 2.06. The summed E-state index contributed by atoms with van der Waals surface area (Å²) >= 11 is 1.61. The Bertz CT molecular complexity index is 476. The van der Waals surface area contributed by atoms with Gasteiger partial charge >= 0.3 is 0 Å². The van der Waals surface area contributed by atoms with Crippen molar-refractivity contribution in [1.29, 1.82) is 0 Å². The van der Waals surface area contributed by atoms with Crippen molar-refractivity contribution in [1.82, 2.24) is 10.2 Å². The van der Waals surface area contributed by atoms with Gasteiger partial charge in [0.15, 0.2) is 0 Å². The highest BCUT2D eigenvalue weighted by molar-refractivity contribution is 7.15. The molecule has 17 heavy (non-hydrogen) atoms. The van der Waals surface area contributed by atoms with Gasteiger partial charge in [-0.15, -0.1) is 10.2 Å². The van der Waals surface area contributed by atoms with E-state index in [1.165, 1.54) is 0 Å². The van der Waals surface area contributed by atoms with Gasteiger partial charge in [0.05, 0.1) is 6.54 Å². The maximum atomic E-state index is 5.47. The van der Waals surface area contributed by atoms with Crippen molar-refractivity contribution in [2.45, 2.75) is 33.7 Å². The molecule has 0 saturated carbocycles. The molecule has 2 aromatic heterocycles. The summed E-state index contributed by atoms with van der Waals surface area (Å²) in [5.74, 6) is 2.46. The molecular formula is C12H17N3OS. The second-order valence-electron chi connectivity index (χ2n) is 4.46. The molecular weight excluding hydrogens is 234 g/mol. The second kappa shape index (κ2) is 5.31. The maximum Gasteiger partial charge on any atom is 0.206 e. The number of hydrogen-bond acceptors (Lipinski definition) is 5. The molecule has 2 heterocycles. The summed E-state index contributed by atoms with van der Waals surface area (Å²) in [5.41, 5.74) is 0. The molecule has 0 radical (unpaired) electrons. The SMILES string of the molecule is Cc1ccc(CNc2nnc(CC(C)C)s2)o1. The molecule has 0 saturated heterocycles. The largest absolute Gasteiger partial charge is 0.465 e. The molecule has 0 spiro atoms. The third kappa shape index (κ3) is 3.56. The van der Waals surface area contributed by atoms with Crippen LogP contribution in [0.4, 0.5) is 5.13 Å². The molecule has 0 aliphatic rings. The van der Waals surface area contributed by atoms with Gasteiger partial charge in [0, 0.05) is 6.42 Å². The predicted octanol–water partition coefficient (Wildman–Crippen LogP) is 3.25. The Morgan fingerprint density at radius 2 is 2.18 bits per heavy atom. The number of aryl methyl sites for hydroxylation is 1. The van der Waals surface area contributed by atoms with E-state index in [1.54, 1.807) is 11.3 Å². The van der Waals surface area contributed by atoms with Gasteiger partial charge < -0.3 is 9.73 Å². The highest BCUT2D eigenvalue weighted by Crippen LogP contribution is 2.19. The topological polar surface area (TPSA) is 51.0 Å². The summed E-state index contributed by atoms with van der Waals surface area (Å²) < 4.78 is 5.47.